The fourth-order valence-corrected chi connectivity index (χ4v) is 2.47. The zero-order chi connectivity index (χ0) is 16.2. The summed E-state index contributed by atoms with van der Waals surface area (Å²) in [7, 11) is 0. The second-order valence-electron chi connectivity index (χ2n) is 5.42. The van der Waals surface area contributed by atoms with E-state index in [2.05, 4.69) is 24.0 Å². The lowest BCUT2D eigenvalue weighted by Gasteiger charge is -2.01. The summed E-state index contributed by atoms with van der Waals surface area (Å²) < 4.78 is 1.77. The molecule has 0 saturated carbocycles. The first kappa shape index (κ1) is 18.3. The van der Waals surface area contributed by atoms with Crippen LogP contribution >= 0.6 is 28.6 Å². The second-order valence-corrected chi connectivity index (χ2v) is 5.85. The van der Waals surface area contributed by atoms with Crippen LogP contribution in [0.4, 0.5) is 0 Å². The second kappa shape index (κ2) is 8.18. The number of nitrogens with zero attached hydrogens (tertiary/aromatic N) is 2. The van der Waals surface area contributed by atoms with Gasteiger partial charge in [0.15, 0.2) is 12.2 Å². The van der Waals surface area contributed by atoms with E-state index in [0.29, 0.717) is 10.6 Å². The molecule has 0 spiro atoms. The number of rotatable bonds is 4. The Kier molecular flexibility index (Phi) is 6.23. The lowest BCUT2D eigenvalue weighted by molar-refractivity contribution is -0.686. The van der Waals surface area contributed by atoms with E-state index in [0.717, 1.165) is 11.3 Å². The predicted octanol–water partition coefficient (Wildman–Crippen LogP) is 4.46. The van der Waals surface area contributed by atoms with Crippen LogP contribution in [0.1, 0.15) is 15.9 Å². The van der Waals surface area contributed by atoms with Gasteiger partial charge in [0.1, 0.15) is 0 Å². The van der Waals surface area contributed by atoms with E-state index in [1.807, 2.05) is 24.4 Å². The molecule has 3 nitrogen and oxygen atoms in total. The van der Waals surface area contributed by atoms with Crippen molar-refractivity contribution in [2.75, 3.05) is 0 Å². The van der Waals surface area contributed by atoms with E-state index in [4.69, 9.17) is 11.6 Å². The number of benzene rings is 2. The quantitative estimate of drug-likeness (QED) is 0.475. The largest absolute Gasteiger partial charge is 0.290 e. The van der Waals surface area contributed by atoms with Gasteiger partial charge in [0.25, 0.3) is 6.33 Å². The minimum atomic E-state index is 0. The highest BCUT2D eigenvalue weighted by Gasteiger charge is 2.11. The third-order valence-electron chi connectivity index (χ3n) is 3.58. The Morgan fingerprint density at radius 2 is 1.88 bits per heavy atom. The molecule has 0 fully saturated rings. The number of aromatic nitrogens is 2. The van der Waals surface area contributed by atoms with Gasteiger partial charge in [-0.15, -0.1) is 17.0 Å². The normalized spacial score (nSPS) is 10.1. The maximum Gasteiger partial charge on any atom is 0.287 e. The smallest absolute Gasteiger partial charge is 0.287 e. The van der Waals surface area contributed by atoms with Crippen molar-refractivity contribution in [3.8, 4) is 11.3 Å². The van der Waals surface area contributed by atoms with Gasteiger partial charge in [0, 0.05) is 22.2 Å². The molecule has 1 aromatic heterocycles. The van der Waals surface area contributed by atoms with Crippen molar-refractivity contribution in [3.63, 3.8) is 0 Å². The highest BCUT2D eigenvalue weighted by atomic mass is 79.9. The number of hydrogen-bond acceptors (Lipinski definition) is 2. The Hall–Kier alpha value is -2.04. The first-order valence-corrected chi connectivity index (χ1v) is 7.70. The summed E-state index contributed by atoms with van der Waals surface area (Å²) in [5.41, 5.74) is 3.80. The van der Waals surface area contributed by atoms with Crippen molar-refractivity contribution in [3.05, 3.63) is 83.3 Å². The van der Waals surface area contributed by atoms with Gasteiger partial charge >= 0.3 is 0 Å². The molecule has 0 aliphatic carbocycles. The molecule has 3 aromatic rings. The average molecular weight is 405 g/mol. The minimum Gasteiger partial charge on any atom is -0.290 e. The number of Topliss-reactive ketones (excluding diaryl/α,β-unsaturated/α-hetero) is 1. The van der Waals surface area contributed by atoms with E-state index in [-0.39, 0.29) is 29.3 Å². The lowest BCUT2D eigenvalue weighted by atomic mass is 10.1. The molecule has 1 heterocycles. The van der Waals surface area contributed by atoms with Crippen molar-refractivity contribution in [1.82, 2.24) is 4.98 Å². The van der Waals surface area contributed by atoms with Gasteiger partial charge in [0.05, 0.1) is 6.20 Å². The summed E-state index contributed by atoms with van der Waals surface area (Å²) in [5, 5.41) is 0.623. The summed E-state index contributed by atoms with van der Waals surface area (Å²) in [6, 6.07) is 17.0. The van der Waals surface area contributed by atoms with Crippen LogP contribution in [0, 0.1) is 6.92 Å². The number of aryl methyl sites for hydroxylation is 1. The number of ketones is 1. The van der Waals surface area contributed by atoms with Crippen molar-refractivity contribution < 1.29 is 9.36 Å². The van der Waals surface area contributed by atoms with Crippen molar-refractivity contribution >= 4 is 34.4 Å². The van der Waals surface area contributed by atoms with E-state index >= 15 is 0 Å². The number of carbonyl (C=O) groups is 1. The molecule has 0 saturated heterocycles. The number of carbonyl (C=O) groups excluding carboxylic acids is 1. The Morgan fingerprint density at radius 3 is 2.50 bits per heavy atom. The molecule has 0 radical (unpaired) electrons. The van der Waals surface area contributed by atoms with Gasteiger partial charge < -0.3 is 0 Å². The Balaban J connectivity index is 0.00000208. The first-order chi connectivity index (χ1) is 11.1. The molecule has 0 bridgehead atoms. The molecule has 0 N–H and O–H groups in total. The standard InChI is InChI=1S/C19H16ClN2O.BrH/c1-14-3-2-4-16(11-14)18-9-10-22(13-21-18)12-19(23)15-5-7-17(20)8-6-15;/h2-11,13H,12H2,1H3;1H/q+1;. The number of hydrogen-bond donors (Lipinski definition) is 0. The van der Waals surface area contributed by atoms with Crippen molar-refractivity contribution in [2.24, 2.45) is 0 Å². The molecule has 0 amide bonds. The van der Waals surface area contributed by atoms with Gasteiger partial charge in [-0.05, 0) is 42.2 Å². The maximum atomic E-state index is 12.2. The predicted molar refractivity (Wildman–Crippen MR) is 101 cm³/mol. The molecule has 0 aliphatic heterocycles. The van der Waals surface area contributed by atoms with Crippen molar-refractivity contribution in [2.45, 2.75) is 13.5 Å². The van der Waals surface area contributed by atoms with E-state index in [9.17, 15) is 4.79 Å². The van der Waals surface area contributed by atoms with Crippen LogP contribution in [0.2, 0.25) is 5.02 Å². The van der Waals surface area contributed by atoms with Crippen LogP contribution in [0.3, 0.4) is 0 Å². The molecular formula is C19H17BrClN2O+. The molecule has 0 unspecified atom stereocenters. The maximum absolute atomic E-state index is 12.2. The van der Waals surface area contributed by atoms with E-state index in [1.54, 1.807) is 35.2 Å². The molecule has 2 aromatic carbocycles. The van der Waals surface area contributed by atoms with Crippen LogP contribution in [-0.4, -0.2) is 10.8 Å². The van der Waals surface area contributed by atoms with Crippen LogP contribution in [0.5, 0.6) is 0 Å². The van der Waals surface area contributed by atoms with Gasteiger partial charge in [-0.3, -0.25) is 4.79 Å². The summed E-state index contributed by atoms with van der Waals surface area (Å²) in [4.78, 5) is 16.7. The van der Waals surface area contributed by atoms with Crippen LogP contribution in [0.25, 0.3) is 11.3 Å². The van der Waals surface area contributed by atoms with Gasteiger partial charge in [-0.2, -0.15) is 0 Å². The molecule has 3 rings (SSSR count). The zero-order valence-electron chi connectivity index (χ0n) is 13.1. The third-order valence-corrected chi connectivity index (χ3v) is 3.83. The topological polar surface area (TPSA) is 33.8 Å². The minimum absolute atomic E-state index is 0. The average Bonchev–Trinajstić information content (AvgIpc) is 2.56. The summed E-state index contributed by atoms with van der Waals surface area (Å²) in [6.45, 7) is 2.31. The molecule has 122 valence electrons. The van der Waals surface area contributed by atoms with Gasteiger partial charge in [-0.1, -0.05) is 35.4 Å². The van der Waals surface area contributed by atoms with Gasteiger partial charge in [-0.25, -0.2) is 4.57 Å². The van der Waals surface area contributed by atoms with Crippen LogP contribution < -0.4 is 4.57 Å². The fraction of sp³-hybridized carbons (Fsp3) is 0.105. The molecule has 0 aliphatic rings. The lowest BCUT2D eigenvalue weighted by Crippen LogP contribution is -2.37. The Bertz CT molecular complexity index is 833. The fourth-order valence-electron chi connectivity index (χ4n) is 2.35. The molecule has 0 atom stereocenters. The monoisotopic (exact) mass is 403 g/mol. The Morgan fingerprint density at radius 1 is 1.12 bits per heavy atom. The Labute approximate surface area is 156 Å². The van der Waals surface area contributed by atoms with E-state index in [1.165, 1.54) is 5.56 Å². The first-order valence-electron chi connectivity index (χ1n) is 7.33. The molecule has 24 heavy (non-hydrogen) atoms. The highest BCUT2D eigenvalue weighted by molar-refractivity contribution is 8.93. The summed E-state index contributed by atoms with van der Waals surface area (Å²) in [6.07, 6.45) is 3.56. The van der Waals surface area contributed by atoms with Crippen molar-refractivity contribution in [1.29, 1.82) is 0 Å². The molecular weight excluding hydrogens is 388 g/mol. The third kappa shape index (κ3) is 4.49. The SMILES string of the molecule is Br.Cc1cccc(-c2cc[n+](CC(=O)c3ccc(Cl)cc3)cn2)c1. The van der Waals surface area contributed by atoms with Gasteiger partial charge in [0.2, 0.25) is 5.78 Å². The van der Waals surface area contributed by atoms with E-state index < -0.39 is 0 Å². The summed E-state index contributed by atoms with van der Waals surface area (Å²) >= 11 is 5.84. The van der Waals surface area contributed by atoms with Crippen LogP contribution in [0.15, 0.2) is 67.1 Å². The zero-order valence-corrected chi connectivity index (χ0v) is 15.6. The number of halogens is 2. The van der Waals surface area contributed by atoms with Crippen LogP contribution in [-0.2, 0) is 6.54 Å². The summed E-state index contributed by atoms with van der Waals surface area (Å²) in [5.74, 6) is 0.0248. The highest BCUT2D eigenvalue weighted by Crippen LogP contribution is 2.16. The molecule has 5 heteroatoms.